The van der Waals surface area contributed by atoms with E-state index in [2.05, 4.69) is 37.6 Å². The van der Waals surface area contributed by atoms with E-state index in [0.717, 1.165) is 45.3 Å². The third-order valence-corrected chi connectivity index (χ3v) is 8.98. The largest absolute Gasteiger partial charge is 0.467 e. The van der Waals surface area contributed by atoms with Crippen molar-refractivity contribution in [2.75, 3.05) is 43.9 Å². The van der Waals surface area contributed by atoms with Gasteiger partial charge in [-0.15, -0.1) is 6.42 Å². The number of fused-ring (bicyclic) bond motifs is 3. The number of nitrogens with two attached hydrogens (primary N) is 1. The number of terminal acetylenes is 1. The molecule has 2 aromatic heterocycles. The minimum Gasteiger partial charge on any atom is -0.467 e. The molecule has 0 bridgehead atoms. The van der Waals surface area contributed by atoms with E-state index in [-0.39, 0.29) is 22.8 Å². The predicted molar refractivity (Wildman–Crippen MR) is 168 cm³/mol. The quantitative estimate of drug-likeness (QED) is 0.211. The monoisotopic (exact) mass is 602 g/mol. The van der Waals surface area contributed by atoms with E-state index in [1.165, 1.54) is 26.0 Å². The third kappa shape index (κ3) is 5.73. The van der Waals surface area contributed by atoms with Crippen molar-refractivity contribution in [1.82, 2.24) is 19.9 Å². The van der Waals surface area contributed by atoms with Crippen molar-refractivity contribution in [1.29, 1.82) is 0 Å². The number of nitrogen functional groups attached to an aromatic ring is 1. The summed E-state index contributed by atoms with van der Waals surface area (Å²) in [4.78, 5) is 17.8. The summed E-state index contributed by atoms with van der Waals surface area (Å²) in [6.07, 6.45) is 13.3. The van der Waals surface area contributed by atoms with Gasteiger partial charge < -0.3 is 15.4 Å². The van der Waals surface area contributed by atoms with Gasteiger partial charge in [0.15, 0.2) is 5.82 Å². The molecule has 0 aliphatic carbocycles. The highest BCUT2D eigenvalue weighted by Gasteiger charge is 2.34. The fraction of sp³-hybridized carbons (Fsp3) is 0.441. The number of rotatable bonds is 3. The summed E-state index contributed by atoms with van der Waals surface area (Å²) in [7, 11) is 1.45. The highest BCUT2D eigenvalue weighted by Crippen LogP contribution is 2.38. The van der Waals surface area contributed by atoms with E-state index in [1.54, 1.807) is 24.4 Å². The van der Waals surface area contributed by atoms with Gasteiger partial charge in [0.25, 0.3) is 0 Å². The zero-order valence-corrected chi connectivity index (χ0v) is 25.1. The minimum atomic E-state index is -0.675. The van der Waals surface area contributed by atoms with E-state index in [1.807, 2.05) is 0 Å². The number of alkyl halides is 1. The maximum Gasteiger partial charge on any atom is 0.318 e. The number of pyridine rings is 1. The summed E-state index contributed by atoms with van der Waals surface area (Å²) in [5, 5.41) is 1.45. The molecule has 4 aromatic rings. The molecule has 3 unspecified atom stereocenters. The van der Waals surface area contributed by atoms with Crippen molar-refractivity contribution in [2.45, 2.75) is 57.7 Å². The van der Waals surface area contributed by atoms with Crippen LogP contribution in [0, 0.1) is 29.9 Å². The second-order valence-electron chi connectivity index (χ2n) is 12.1. The third-order valence-electron chi connectivity index (χ3n) is 8.98. The molecular weight excluding hydrogens is 565 g/mol. The number of halogens is 3. The Labute approximate surface area is 255 Å². The second kappa shape index (κ2) is 12.5. The van der Waals surface area contributed by atoms with Crippen LogP contribution in [-0.4, -0.2) is 65.4 Å². The van der Waals surface area contributed by atoms with Gasteiger partial charge >= 0.3 is 6.01 Å². The average molecular weight is 603 g/mol. The van der Waals surface area contributed by atoms with Crippen LogP contribution in [0.4, 0.5) is 24.7 Å². The summed E-state index contributed by atoms with van der Waals surface area (Å²) >= 11 is 0. The normalized spacial score (nSPS) is 21.9. The molecule has 5 heterocycles. The molecule has 2 aromatic carbocycles. The highest BCUT2D eigenvalue weighted by molar-refractivity contribution is 6.03. The van der Waals surface area contributed by atoms with Crippen molar-refractivity contribution in [3.63, 3.8) is 0 Å². The van der Waals surface area contributed by atoms with Crippen LogP contribution in [0.25, 0.3) is 32.9 Å². The molecule has 3 fully saturated rings. The van der Waals surface area contributed by atoms with Crippen LogP contribution in [0.1, 0.15) is 51.0 Å². The Bertz CT molecular complexity index is 1730. The molecule has 3 saturated heterocycles. The summed E-state index contributed by atoms with van der Waals surface area (Å²) < 4.78 is 48.6. The molecule has 3 aliphatic heterocycles. The Hall–Kier alpha value is -4.10. The van der Waals surface area contributed by atoms with Crippen molar-refractivity contribution in [3.05, 3.63) is 47.7 Å². The van der Waals surface area contributed by atoms with Gasteiger partial charge in [0.05, 0.1) is 18.1 Å². The van der Waals surface area contributed by atoms with E-state index in [9.17, 15) is 8.78 Å². The zero-order chi connectivity index (χ0) is 31.0. The lowest BCUT2D eigenvalue weighted by Gasteiger charge is -2.25. The lowest BCUT2D eigenvalue weighted by Crippen LogP contribution is -2.28. The summed E-state index contributed by atoms with van der Waals surface area (Å²) in [6.45, 7) is 5.65. The smallest absolute Gasteiger partial charge is 0.318 e. The Balaban J connectivity index is 0.000000323. The molecule has 7 nitrogen and oxygen atoms in total. The van der Waals surface area contributed by atoms with Gasteiger partial charge in [-0.05, 0) is 68.2 Å². The Kier molecular flexibility index (Phi) is 8.50. The number of hydrogen-bond donors (Lipinski definition) is 1. The fourth-order valence-electron chi connectivity index (χ4n) is 6.91. The van der Waals surface area contributed by atoms with Gasteiger partial charge in [-0.3, -0.25) is 9.88 Å². The fourth-order valence-corrected chi connectivity index (χ4v) is 6.91. The van der Waals surface area contributed by atoms with Crippen LogP contribution in [0.15, 0.2) is 30.5 Å². The molecular formula is C34H37F3N6O. The highest BCUT2D eigenvalue weighted by atomic mass is 19.1. The predicted octanol–water partition coefficient (Wildman–Crippen LogP) is 6.51. The lowest BCUT2D eigenvalue weighted by molar-refractivity contribution is 0.292. The van der Waals surface area contributed by atoms with Crippen LogP contribution in [0.3, 0.4) is 0 Å². The number of methoxy groups -OCH3 is 1. The number of aromatic nitrogens is 3. The minimum absolute atomic E-state index is 0.0205. The first kappa shape index (κ1) is 29.9. The summed E-state index contributed by atoms with van der Waals surface area (Å²) in [5.74, 6) is 2.20. The number of anilines is 2. The number of hydrogen-bond acceptors (Lipinski definition) is 7. The first-order valence-corrected chi connectivity index (χ1v) is 15.3. The van der Waals surface area contributed by atoms with Crippen molar-refractivity contribution in [3.8, 4) is 29.6 Å². The summed E-state index contributed by atoms with van der Waals surface area (Å²) in [5.41, 5.74) is 6.86. The molecule has 2 N–H and O–H groups in total. The lowest BCUT2D eigenvalue weighted by atomic mass is 9.95. The standard InChI is InChI=1S/C27H25F2N5O.C7H12FN/c1-4-18-21(28)9-8-16-11-17(30)12-19(22(16)18)24-23(29)25-20(13-31-24)26(33-27(32-25)35-3)34-10-6-5-7-15(2)14-34;8-6-4-7-2-1-3-9(7)5-6/h1,8-9,11-13,15H,5-7,10,14,30H2,2-3H3;6-7H,1-5H2. The van der Waals surface area contributed by atoms with Crippen LogP contribution in [0.5, 0.6) is 6.01 Å². The maximum atomic E-state index is 16.2. The van der Waals surface area contributed by atoms with Crippen molar-refractivity contribution in [2.24, 2.45) is 5.92 Å². The van der Waals surface area contributed by atoms with E-state index < -0.39 is 17.8 Å². The first-order chi connectivity index (χ1) is 21.3. The number of ether oxygens (including phenoxy) is 1. The molecule has 0 radical (unpaired) electrons. The molecule has 10 heteroatoms. The van der Waals surface area contributed by atoms with Crippen molar-refractivity contribution < 1.29 is 17.9 Å². The molecule has 7 rings (SSSR count). The molecule has 0 amide bonds. The van der Waals surface area contributed by atoms with Crippen LogP contribution in [-0.2, 0) is 0 Å². The van der Waals surface area contributed by atoms with Crippen molar-refractivity contribution >= 4 is 33.2 Å². The second-order valence-corrected chi connectivity index (χ2v) is 12.1. The van der Waals surface area contributed by atoms with Gasteiger partial charge in [0.1, 0.15) is 29.0 Å². The Morgan fingerprint density at radius 2 is 1.91 bits per heavy atom. The molecule has 230 valence electrons. The average Bonchev–Trinajstić information content (AvgIpc) is 3.51. The van der Waals surface area contributed by atoms with Gasteiger partial charge in [0, 0.05) is 48.5 Å². The molecule has 0 spiro atoms. The zero-order valence-electron chi connectivity index (χ0n) is 25.1. The van der Waals surface area contributed by atoms with E-state index in [0.29, 0.717) is 51.7 Å². The number of benzene rings is 2. The van der Waals surface area contributed by atoms with Gasteiger partial charge in [-0.25, -0.2) is 13.2 Å². The van der Waals surface area contributed by atoms with Gasteiger partial charge in [-0.1, -0.05) is 25.3 Å². The Morgan fingerprint density at radius 3 is 2.68 bits per heavy atom. The molecule has 3 atom stereocenters. The Morgan fingerprint density at radius 1 is 1.07 bits per heavy atom. The van der Waals surface area contributed by atoms with Crippen LogP contribution >= 0.6 is 0 Å². The van der Waals surface area contributed by atoms with Crippen LogP contribution in [0.2, 0.25) is 0 Å². The number of nitrogens with zero attached hydrogens (tertiary/aromatic N) is 5. The van der Waals surface area contributed by atoms with Gasteiger partial charge in [-0.2, -0.15) is 9.97 Å². The maximum absolute atomic E-state index is 16.2. The van der Waals surface area contributed by atoms with Gasteiger partial charge in [0.2, 0.25) is 0 Å². The molecule has 44 heavy (non-hydrogen) atoms. The topological polar surface area (TPSA) is 80.4 Å². The summed E-state index contributed by atoms with van der Waals surface area (Å²) in [6, 6.07) is 6.73. The van der Waals surface area contributed by atoms with E-state index >= 15 is 4.39 Å². The van der Waals surface area contributed by atoms with E-state index in [4.69, 9.17) is 16.9 Å². The first-order valence-electron chi connectivity index (χ1n) is 15.3. The SMILES string of the molecule is C#Cc1c(F)ccc2cc(N)cc(-c3ncc4c(N5CCCCC(C)C5)nc(OC)nc4c3F)c12.FC1CC2CCCN2C1. The molecule has 3 aliphatic rings. The molecule has 0 saturated carbocycles. The van der Waals surface area contributed by atoms with Crippen LogP contribution < -0.4 is 15.4 Å².